The van der Waals surface area contributed by atoms with Gasteiger partial charge in [0.15, 0.2) is 0 Å². The summed E-state index contributed by atoms with van der Waals surface area (Å²) in [4.78, 5) is 0. The van der Waals surface area contributed by atoms with Crippen LogP contribution in [0.25, 0.3) is 0 Å². The highest BCUT2D eigenvalue weighted by molar-refractivity contribution is 9.10. The summed E-state index contributed by atoms with van der Waals surface area (Å²) in [6.45, 7) is 6.91. The molecular weight excluding hydrogens is 294 g/mol. The van der Waals surface area contributed by atoms with E-state index >= 15 is 0 Å². The van der Waals surface area contributed by atoms with E-state index in [1.807, 2.05) is 16.9 Å². The molecule has 0 radical (unpaired) electrons. The first-order valence-electron chi connectivity index (χ1n) is 6.09. The maximum Gasteiger partial charge on any atom is 0.129 e. The van der Waals surface area contributed by atoms with Gasteiger partial charge < -0.3 is 9.73 Å². The molecule has 0 atom stereocenters. The molecule has 1 N–H and O–H groups in total. The van der Waals surface area contributed by atoms with Crippen molar-refractivity contribution >= 4 is 15.9 Å². The molecule has 18 heavy (non-hydrogen) atoms. The Morgan fingerprint density at radius 2 is 2.33 bits per heavy atom. The smallest absolute Gasteiger partial charge is 0.129 e. The predicted octanol–water partition coefficient (Wildman–Crippen LogP) is 3.03. The van der Waals surface area contributed by atoms with Crippen molar-refractivity contribution in [2.24, 2.45) is 5.92 Å². The van der Waals surface area contributed by atoms with Crippen LogP contribution in [0.4, 0.5) is 0 Å². The van der Waals surface area contributed by atoms with E-state index in [0.29, 0.717) is 12.5 Å². The molecule has 0 amide bonds. The Hall–Kier alpha value is -1.07. The van der Waals surface area contributed by atoms with E-state index in [4.69, 9.17) is 4.42 Å². The van der Waals surface area contributed by atoms with Gasteiger partial charge in [-0.3, -0.25) is 4.68 Å². The van der Waals surface area contributed by atoms with Gasteiger partial charge in [0.2, 0.25) is 0 Å². The van der Waals surface area contributed by atoms with Gasteiger partial charge in [0.05, 0.1) is 23.5 Å². The van der Waals surface area contributed by atoms with Crippen LogP contribution in [0.1, 0.15) is 25.2 Å². The zero-order chi connectivity index (χ0) is 13.0. The van der Waals surface area contributed by atoms with Gasteiger partial charge >= 0.3 is 0 Å². The zero-order valence-electron chi connectivity index (χ0n) is 10.7. The SMILES string of the molecule is CC(C)CNCc1ccoc1Cn1cc(Br)cn1. The molecule has 0 aromatic carbocycles. The molecule has 5 heteroatoms. The number of furan rings is 1. The van der Waals surface area contributed by atoms with Crippen molar-refractivity contribution < 1.29 is 4.42 Å². The Labute approximate surface area is 115 Å². The van der Waals surface area contributed by atoms with Crippen molar-refractivity contribution in [1.29, 1.82) is 0 Å². The van der Waals surface area contributed by atoms with E-state index in [2.05, 4.69) is 40.2 Å². The van der Waals surface area contributed by atoms with Gasteiger partial charge in [-0.25, -0.2) is 0 Å². The van der Waals surface area contributed by atoms with Crippen LogP contribution in [0.5, 0.6) is 0 Å². The zero-order valence-corrected chi connectivity index (χ0v) is 12.3. The summed E-state index contributed by atoms with van der Waals surface area (Å²) in [6.07, 6.45) is 5.45. The Morgan fingerprint density at radius 1 is 1.50 bits per heavy atom. The second kappa shape index (κ2) is 6.20. The largest absolute Gasteiger partial charge is 0.467 e. The molecule has 0 aliphatic rings. The number of halogens is 1. The van der Waals surface area contributed by atoms with Gasteiger partial charge in [0.25, 0.3) is 0 Å². The molecule has 0 unspecified atom stereocenters. The molecule has 0 fully saturated rings. The molecule has 0 aliphatic heterocycles. The number of rotatable bonds is 6. The van der Waals surface area contributed by atoms with Crippen molar-refractivity contribution in [3.8, 4) is 0 Å². The van der Waals surface area contributed by atoms with E-state index in [1.54, 1.807) is 12.5 Å². The standard InChI is InChI=1S/C13H18BrN3O/c1-10(2)5-15-6-11-3-4-18-13(11)9-17-8-12(14)7-16-17/h3-4,7-8,10,15H,5-6,9H2,1-2H3. The summed E-state index contributed by atoms with van der Waals surface area (Å²) in [6, 6.07) is 2.02. The molecule has 0 bridgehead atoms. The van der Waals surface area contributed by atoms with E-state index in [0.717, 1.165) is 23.3 Å². The molecule has 0 spiro atoms. The fourth-order valence-electron chi connectivity index (χ4n) is 1.73. The summed E-state index contributed by atoms with van der Waals surface area (Å²) in [5.41, 5.74) is 1.20. The molecule has 0 aliphatic carbocycles. The van der Waals surface area contributed by atoms with Crippen LogP contribution in [0, 0.1) is 5.92 Å². The van der Waals surface area contributed by atoms with Crippen LogP contribution in [-0.2, 0) is 13.1 Å². The quantitative estimate of drug-likeness (QED) is 0.891. The fraction of sp³-hybridized carbons (Fsp3) is 0.462. The third-order valence-electron chi connectivity index (χ3n) is 2.61. The molecule has 98 valence electrons. The maximum atomic E-state index is 5.52. The molecule has 2 aromatic rings. The maximum absolute atomic E-state index is 5.52. The lowest BCUT2D eigenvalue weighted by Crippen LogP contribution is -2.19. The second-order valence-corrected chi connectivity index (χ2v) is 5.67. The van der Waals surface area contributed by atoms with Crippen LogP contribution in [-0.4, -0.2) is 16.3 Å². The summed E-state index contributed by atoms with van der Waals surface area (Å²) in [7, 11) is 0. The minimum atomic E-state index is 0.655. The Balaban J connectivity index is 1.95. The summed E-state index contributed by atoms with van der Waals surface area (Å²) in [5, 5.41) is 7.65. The first kappa shape index (κ1) is 13.4. The average Bonchev–Trinajstić information content (AvgIpc) is 2.89. The Kier molecular flexibility index (Phi) is 4.60. The van der Waals surface area contributed by atoms with E-state index < -0.39 is 0 Å². The predicted molar refractivity (Wildman–Crippen MR) is 74.3 cm³/mol. The third kappa shape index (κ3) is 3.71. The number of nitrogens with zero attached hydrogens (tertiary/aromatic N) is 2. The molecule has 2 heterocycles. The summed E-state index contributed by atoms with van der Waals surface area (Å²) < 4.78 is 8.36. The monoisotopic (exact) mass is 311 g/mol. The van der Waals surface area contributed by atoms with Gasteiger partial charge in [-0.1, -0.05) is 13.8 Å². The lowest BCUT2D eigenvalue weighted by Gasteiger charge is -2.07. The Bertz CT molecular complexity index is 490. The molecule has 2 rings (SSSR count). The number of aromatic nitrogens is 2. The Morgan fingerprint density at radius 3 is 3.00 bits per heavy atom. The van der Waals surface area contributed by atoms with Crippen molar-refractivity contribution in [3.05, 3.63) is 40.5 Å². The van der Waals surface area contributed by atoms with E-state index in [9.17, 15) is 0 Å². The highest BCUT2D eigenvalue weighted by Gasteiger charge is 2.08. The van der Waals surface area contributed by atoms with Gasteiger partial charge in [-0.15, -0.1) is 0 Å². The van der Waals surface area contributed by atoms with E-state index in [-0.39, 0.29) is 0 Å². The second-order valence-electron chi connectivity index (χ2n) is 4.75. The summed E-state index contributed by atoms with van der Waals surface area (Å²) in [5.74, 6) is 1.62. The lowest BCUT2D eigenvalue weighted by atomic mass is 10.2. The minimum Gasteiger partial charge on any atom is -0.467 e. The molecule has 2 aromatic heterocycles. The lowest BCUT2D eigenvalue weighted by molar-refractivity contribution is 0.469. The van der Waals surface area contributed by atoms with Crippen molar-refractivity contribution in [1.82, 2.24) is 15.1 Å². The minimum absolute atomic E-state index is 0.655. The first-order chi connectivity index (χ1) is 8.65. The van der Waals surface area contributed by atoms with Gasteiger partial charge in [0.1, 0.15) is 5.76 Å². The van der Waals surface area contributed by atoms with Crippen LogP contribution in [0.15, 0.2) is 33.6 Å². The summed E-state index contributed by atoms with van der Waals surface area (Å²) >= 11 is 3.39. The van der Waals surface area contributed by atoms with Crippen LogP contribution in [0.2, 0.25) is 0 Å². The molecule has 4 nitrogen and oxygen atoms in total. The van der Waals surface area contributed by atoms with Crippen molar-refractivity contribution in [2.45, 2.75) is 26.9 Å². The molecular formula is C13H18BrN3O. The fourth-order valence-corrected chi connectivity index (χ4v) is 2.06. The normalized spacial score (nSPS) is 11.3. The van der Waals surface area contributed by atoms with Gasteiger partial charge in [0, 0.05) is 18.3 Å². The van der Waals surface area contributed by atoms with Crippen LogP contribution < -0.4 is 5.32 Å². The van der Waals surface area contributed by atoms with Crippen LogP contribution in [0.3, 0.4) is 0 Å². The van der Waals surface area contributed by atoms with E-state index in [1.165, 1.54) is 5.56 Å². The topological polar surface area (TPSA) is 43.0 Å². The highest BCUT2D eigenvalue weighted by Crippen LogP contribution is 2.14. The number of hydrogen-bond donors (Lipinski definition) is 1. The van der Waals surface area contributed by atoms with Crippen molar-refractivity contribution in [3.63, 3.8) is 0 Å². The van der Waals surface area contributed by atoms with Gasteiger partial charge in [-0.05, 0) is 34.5 Å². The first-order valence-corrected chi connectivity index (χ1v) is 6.88. The number of nitrogens with one attached hydrogen (secondary N) is 1. The molecule has 0 saturated heterocycles. The average molecular weight is 312 g/mol. The number of hydrogen-bond acceptors (Lipinski definition) is 3. The highest BCUT2D eigenvalue weighted by atomic mass is 79.9. The van der Waals surface area contributed by atoms with Gasteiger partial charge in [-0.2, -0.15) is 5.10 Å². The van der Waals surface area contributed by atoms with Crippen LogP contribution >= 0.6 is 15.9 Å². The van der Waals surface area contributed by atoms with Crippen molar-refractivity contribution in [2.75, 3.05) is 6.54 Å². The third-order valence-corrected chi connectivity index (χ3v) is 3.02. The molecule has 0 saturated carbocycles.